The summed E-state index contributed by atoms with van der Waals surface area (Å²) >= 11 is 0. The highest BCUT2D eigenvalue weighted by Crippen LogP contribution is 2.65. The first kappa shape index (κ1) is 26.5. The molecule has 1 amide bonds. The number of carbonyl (C=O) groups is 3. The van der Waals surface area contributed by atoms with Crippen molar-refractivity contribution in [3.05, 3.63) is 35.1 Å². The Bertz CT molecular complexity index is 1210. The molecule has 6 atom stereocenters. The molecular weight excluding hydrogens is 496 g/mol. The standard InChI is InChI=1S/C27H34N2O9/c1-13(2)21(25(33)34)28-24(32)15(30)12-19(31)37-17-7-8-27(35)18-11-14-5-6-16(36-4)22-20(14)26(27,23(17)38-22)9-10-29(18)3/h5-7,13,15,18,21,23,30,35H,8-12H2,1-4H3,(H,28,32)(H,33,34)/t15?,18-,21?,23?,26+,27-/m1/s1. The zero-order valence-electron chi connectivity index (χ0n) is 21.9. The zero-order chi connectivity index (χ0) is 27.6. The predicted octanol–water partition coefficient (Wildman–Crippen LogP) is 0.493. The fourth-order valence-electron chi connectivity index (χ4n) is 6.77. The number of nitrogens with one attached hydrogen (secondary N) is 1. The second-order valence-electron chi connectivity index (χ2n) is 11.0. The van der Waals surface area contributed by atoms with Crippen LogP contribution in [0.1, 0.15) is 44.2 Å². The number of likely N-dealkylation sites (N-methyl/N-ethyl adjacent to an activating group) is 1. The van der Waals surface area contributed by atoms with Gasteiger partial charge in [0.1, 0.15) is 17.9 Å². The van der Waals surface area contributed by atoms with E-state index in [0.29, 0.717) is 30.9 Å². The lowest BCUT2D eigenvalue weighted by molar-refractivity contribution is -0.170. The van der Waals surface area contributed by atoms with Gasteiger partial charge in [0.05, 0.1) is 24.5 Å². The summed E-state index contributed by atoms with van der Waals surface area (Å²) in [5.74, 6) is -2.22. The van der Waals surface area contributed by atoms with Gasteiger partial charge in [-0.3, -0.25) is 9.59 Å². The lowest BCUT2D eigenvalue weighted by atomic mass is 9.50. The van der Waals surface area contributed by atoms with Gasteiger partial charge in [-0.1, -0.05) is 19.9 Å². The van der Waals surface area contributed by atoms with E-state index < -0.39 is 59.5 Å². The van der Waals surface area contributed by atoms with E-state index in [-0.39, 0.29) is 18.2 Å². The Morgan fingerprint density at radius 1 is 1.29 bits per heavy atom. The van der Waals surface area contributed by atoms with Crippen molar-refractivity contribution in [2.75, 3.05) is 20.7 Å². The monoisotopic (exact) mass is 530 g/mol. The molecule has 206 valence electrons. The number of methoxy groups -OCH3 is 1. The van der Waals surface area contributed by atoms with Gasteiger partial charge < -0.3 is 39.7 Å². The van der Waals surface area contributed by atoms with Crippen LogP contribution in [0.5, 0.6) is 11.5 Å². The van der Waals surface area contributed by atoms with Crippen LogP contribution in [0.2, 0.25) is 0 Å². The lowest BCUT2D eigenvalue weighted by Gasteiger charge is -2.61. The molecular formula is C27H34N2O9. The number of carboxylic acids is 1. The molecule has 11 nitrogen and oxygen atoms in total. The van der Waals surface area contributed by atoms with Gasteiger partial charge in [-0.25, -0.2) is 4.79 Å². The van der Waals surface area contributed by atoms with E-state index in [1.165, 1.54) is 0 Å². The SMILES string of the molecule is COc1ccc2c3c1OC1C(OC(=O)CC(O)C(=O)NC(C(=O)O)C(C)C)=CC[C@@]4(O)[C@@H](C2)N(C)CC[C@]314. The molecule has 5 rings (SSSR count). The van der Waals surface area contributed by atoms with Gasteiger partial charge in [0.25, 0.3) is 0 Å². The molecule has 1 saturated heterocycles. The summed E-state index contributed by atoms with van der Waals surface area (Å²) in [5, 5.41) is 34.0. The molecule has 11 heteroatoms. The van der Waals surface area contributed by atoms with Gasteiger partial charge >= 0.3 is 11.9 Å². The number of benzene rings is 1. The molecule has 2 heterocycles. The van der Waals surface area contributed by atoms with Crippen molar-refractivity contribution >= 4 is 17.8 Å². The molecule has 4 aliphatic rings. The summed E-state index contributed by atoms with van der Waals surface area (Å²) in [5.41, 5.74) is -0.0631. The molecule has 2 aliphatic heterocycles. The highest BCUT2D eigenvalue weighted by Gasteiger charge is 2.72. The quantitative estimate of drug-likeness (QED) is 0.349. The van der Waals surface area contributed by atoms with Crippen molar-refractivity contribution in [2.45, 2.75) is 74.8 Å². The topological polar surface area (TPSA) is 155 Å². The maximum absolute atomic E-state index is 12.9. The molecule has 0 saturated carbocycles. The minimum atomic E-state index is -1.79. The first-order valence-electron chi connectivity index (χ1n) is 12.9. The van der Waals surface area contributed by atoms with E-state index in [1.807, 2.05) is 19.2 Å². The number of hydrogen-bond acceptors (Lipinski definition) is 9. The number of hydrogen-bond donors (Lipinski definition) is 4. The van der Waals surface area contributed by atoms with Crippen LogP contribution in [-0.4, -0.2) is 88.7 Å². The first-order valence-corrected chi connectivity index (χ1v) is 12.9. The number of nitrogens with zero attached hydrogens (tertiary/aromatic N) is 1. The van der Waals surface area contributed by atoms with Crippen molar-refractivity contribution in [3.8, 4) is 11.5 Å². The van der Waals surface area contributed by atoms with E-state index in [2.05, 4.69) is 10.2 Å². The molecule has 2 bridgehead atoms. The van der Waals surface area contributed by atoms with Gasteiger partial charge in [-0.05, 0) is 50.1 Å². The fourth-order valence-corrected chi connectivity index (χ4v) is 6.77. The highest BCUT2D eigenvalue weighted by molar-refractivity contribution is 5.89. The Morgan fingerprint density at radius 2 is 2.03 bits per heavy atom. The number of ether oxygens (including phenoxy) is 3. The van der Waals surface area contributed by atoms with Crippen LogP contribution in [0, 0.1) is 5.92 Å². The van der Waals surface area contributed by atoms with Crippen molar-refractivity contribution in [2.24, 2.45) is 5.92 Å². The van der Waals surface area contributed by atoms with Crippen LogP contribution < -0.4 is 14.8 Å². The number of likely N-dealkylation sites (tertiary alicyclic amines) is 1. The Hall–Kier alpha value is -3.15. The smallest absolute Gasteiger partial charge is 0.326 e. The number of aliphatic carboxylic acids is 1. The number of esters is 1. The summed E-state index contributed by atoms with van der Waals surface area (Å²) < 4.78 is 17.7. The van der Waals surface area contributed by atoms with E-state index in [0.717, 1.165) is 11.1 Å². The summed E-state index contributed by atoms with van der Waals surface area (Å²) in [4.78, 5) is 38.8. The molecule has 4 N–H and O–H groups in total. The minimum Gasteiger partial charge on any atom is -0.493 e. The number of carbonyl (C=O) groups excluding carboxylic acids is 2. The number of aliphatic hydroxyl groups excluding tert-OH is 1. The Morgan fingerprint density at radius 3 is 2.68 bits per heavy atom. The number of carboxylic acid groups (broad SMARTS) is 1. The first-order chi connectivity index (χ1) is 17.9. The van der Waals surface area contributed by atoms with E-state index in [1.54, 1.807) is 27.0 Å². The normalized spacial score (nSPS) is 30.4. The fraction of sp³-hybridized carbons (Fsp3) is 0.593. The number of rotatable bonds is 8. The molecule has 1 spiro atoms. The Balaban J connectivity index is 1.40. The molecule has 3 unspecified atom stereocenters. The van der Waals surface area contributed by atoms with Crippen LogP contribution in [0.25, 0.3) is 0 Å². The van der Waals surface area contributed by atoms with Crippen LogP contribution in [0.3, 0.4) is 0 Å². The van der Waals surface area contributed by atoms with Gasteiger partial charge in [0, 0.05) is 18.0 Å². The number of piperidine rings is 1. The Labute approximate surface area is 220 Å². The molecule has 0 aromatic heterocycles. The maximum Gasteiger partial charge on any atom is 0.326 e. The number of aliphatic hydroxyl groups is 2. The van der Waals surface area contributed by atoms with Crippen LogP contribution >= 0.6 is 0 Å². The van der Waals surface area contributed by atoms with Gasteiger partial charge in [-0.2, -0.15) is 0 Å². The molecule has 1 aromatic carbocycles. The molecule has 1 aromatic rings. The van der Waals surface area contributed by atoms with Crippen molar-refractivity contribution < 1.29 is 43.9 Å². The van der Waals surface area contributed by atoms with Gasteiger partial charge in [-0.15, -0.1) is 0 Å². The second-order valence-corrected chi connectivity index (χ2v) is 11.0. The molecule has 2 aliphatic carbocycles. The average molecular weight is 531 g/mol. The molecule has 38 heavy (non-hydrogen) atoms. The van der Waals surface area contributed by atoms with Gasteiger partial charge in [0.15, 0.2) is 17.6 Å². The molecule has 0 radical (unpaired) electrons. The van der Waals surface area contributed by atoms with Crippen molar-refractivity contribution in [1.29, 1.82) is 0 Å². The summed E-state index contributed by atoms with van der Waals surface area (Å²) in [6.07, 6.45) is -0.159. The third kappa shape index (κ3) is 3.70. The van der Waals surface area contributed by atoms with Gasteiger partial charge in [0.2, 0.25) is 5.91 Å². The number of amides is 1. The largest absolute Gasteiger partial charge is 0.493 e. The zero-order valence-corrected chi connectivity index (χ0v) is 21.9. The Kier molecular flexibility index (Phi) is 6.44. The minimum absolute atomic E-state index is 0.156. The van der Waals surface area contributed by atoms with Crippen LogP contribution in [0.15, 0.2) is 24.0 Å². The third-order valence-corrected chi connectivity index (χ3v) is 8.68. The second kappa shape index (κ2) is 9.25. The summed E-state index contributed by atoms with van der Waals surface area (Å²) in [6.45, 7) is 3.95. The maximum atomic E-state index is 12.9. The van der Waals surface area contributed by atoms with E-state index >= 15 is 0 Å². The molecule has 1 fully saturated rings. The van der Waals surface area contributed by atoms with Crippen LogP contribution in [0.4, 0.5) is 0 Å². The van der Waals surface area contributed by atoms with E-state index in [9.17, 15) is 29.7 Å². The highest BCUT2D eigenvalue weighted by atomic mass is 16.6. The average Bonchev–Trinajstić information content (AvgIpc) is 3.21. The van der Waals surface area contributed by atoms with Crippen molar-refractivity contribution in [1.82, 2.24) is 10.2 Å². The predicted molar refractivity (Wildman–Crippen MR) is 133 cm³/mol. The summed E-state index contributed by atoms with van der Waals surface area (Å²) in [7, 11) is 3.54. The third-order valence-electron chi connectivity index (χ3n) is 8.68. The summed E-state index contributed by atoms with van der Waals surface area (Å²) in [6, 6.07) is 2.48. The van der Waals surface area contributed by atoms with Crippen LogP contribution in [-0.2, 0) is 31.0 Å². The van der Waals surface area contributed by atoms with E-state index in [4.69, 9.17) is 14.2 Å². The lowest BCUT2D eigenvalue weighted by Crippen LogP contribution is -2.74. The van der Waals surface area contributed by atoms with Crippen molar-refractivity contribution in [3.63, 3.8) is 0 Å².